The van der Waals surface area contributed by atoms with Crippen LogP contribution in [0, 0.1) is 13.8 Å². The van der Waals surface area contributed by atoms with Crippen molar-refractivity contribution in [2.75, 3.05) is 11.9 Å². The molecule has 0 aliphatic rings. The van der Waals surface area contributed by atoms with E-state index in [1.165, 1.54) is 4.88 Å². The van der Waals surface area contributed by atoms with Gasteiger partial charge in [-0.05, 0) is 32.4 Å². The number of hydrogen-bond acceptors (Lipinski definition) is 5. The normalized spacial score (nSPS) is 10.9. The Morgan fingerprint density at radius 3 is 2.96 bits per heavy atom. The number of carbonyl (C=O) groups is 1. The molecule has 0 aliphatic heterocycles. The smallest absolute Gasteiger partial charge is 0.408 e. The lowest BCUT2D eigenvalue weighted by Crippen LogP contribution is -2.29. The summed E-state index contributed by atoms with van der Waals surface area (Å²) in [5.41, 5.74) is 2.65. The van der Waals surface area contributed by atoms with Crippen molar-refractivity contribution in [3.05, 3.63) is 44.3 Å². The summed E-state index contributed by atoms with van der Waals surface area (Å²) in [5, 5.41) is 6.62. The molecule has 2 heterocycles. The highest BCUT2D eigenvalue weighted by Crippen LogP contribution is 2.18. The van der Waals surface area contributed by atoms with Gasteiger partial charge >= 0.3 is 11.8 Å². The second kappa shape index (κ2) is 6.88. The lowest BCUT2D eigenvalue weighted by Gasteiger charge is -2.07. The van der Waals surface area contributed by atoms with E-state index in [4.69, 9.17) is 4.42 Å². The quantitative estimate of drug-likeness (QED) is 0.618. The van der Waals surface area contributed by atoms with Crippen LogP contribution in [0.4, 0.5) is 10.5 Å². The first-order chi connectivity index (χ1) is 11.5. The number of fused-ring (bicyclic) bond motifs is 1. The Morgan fingerprint density at radius 1 is 1.38 bits per heavy atom. The molecular weight excluding hydrogens is 328 g/mol. The second-order valence-electron chi connectivity index (χ2n) is 5.46. The highest BCUT2D eigenvalue weighted by atomic mass is 32.1. The number of benzene rings is 1. The number of amides is 2. The Hall–Kier alpha value is -2.61. The van der Waals surface area contributed by atoms with E-state index < -0.39 is 5.76 Å². The molecule has 24 heavy (non-hydrogen) atoms. The molecule has 3 rings (SSSR count). The minimum atomic E-state index is -0.515. The van der Waals surface area contributed by atoms with Crippen molar-refractivity contribution in [3.8, 4) is 0 Å². The third-order valence-electron chi connectivity index (χ3n) is 3.60. The van der Waals surface area contributed by atoms with Crippen LogP contribution >= 0.6 is 11.3 Å². The molecule has 0 unspecified atom stereocenters. The summed E-state index contributed by atoms with van der Waals surface area (Å²) in [6.07, 6.45) is 1.67. The molecular formula is C16H18N4O3S. The fourth-order valence-corrected chi connectivity index (χ4v) is 3.26. The molecule has 7 nitrogen and oxygen atoms in total. The Bertz CT molecular complexity index is 905. The minimum Gasteiger partial charge on any atom is -0.408 e. The van der Waals surface area contributed by atoms with E-state index >= 15 is 0 Å². The van der Waals surface area contributed by atoms with Crippen LogP contribution in [0.25, 0.3) is 11.1 Å². The molecule has 8 heteroatoms. The van der Waals surface area contributed by atoms with Crippen molar-refractivity contribution in [2.45, 2.75) is 26.7 Å². The number of hydrogen-bond donors (Lipinski definition) is 3. The number of urea groups is 1. The lowest BCUT2D eigenvalue weighted by molar-refractivity contribution is 0.252. The standard InChI is InChI=1S/C16H18N4O3S/c1-9-10(2)24-14(18-9)4-3-7-17-15(21)19-11-5-6-12-13(8-11)23-16(22)20-12/h5-6,8H,3-4,7H2,1-2H3,(H,20,22)(H2,17,19,21). The average molecular weight is 346 g/mol. The number of nitrogens with one attached hydrogen (secondary N) is 3. The molecule has 0 bridgehead atoms. The van der Waals surface area contributed by atoms with E-state index in [9.17, 15) is 9.59 Å². The fraction of sp³-hybridized carbons (Fsp3) is 0.312. The number of thiazole rings is 1. The molecule has 126 valence electrons. The van der Waals surface area contributed by atoms with E-state index in [0.717, 1.165) is 23.5 Å². The Balaban J connectivity index is 1.47. The molecule has 2 aromatic heterocycles. The number of aromatic nitrogens is 2. The van der Waals surface area contributed by atoms with Crippen LogP contribution in [-0.2, 0) is 6.42 Å². The number of H-pyrrole nitrogens is 1. The van der Waals surface area contributed by atoms with Crippen molar-refractivity contribution in [1.82, 2.24) is 15.3 Å². The van der Waals surface area contributed by atoms with Gasteiger partial charge in [-0.1, -0.05) is 0 Å². The van der Waals surface area contributed by atoms with Crippen LogP contribution < -0.4 is 16.4 Å². The Morgan fingerprint density at radius 2 is 2.21 bits per heavy atom. The number of aryl methyl sites for hydroxylation is 3. The summed E-state index contributed by atoms with van der Waals surface area (Å²) >= 11 is 1.70. The second-order valence-corrected chi connectivity index (χ2v) is 6.75. The predicted octanol–water partition coefficient (Wildman–Crippen LogP) is 2.95. The summed E-state index contributed by atoms with van der Waals surface area (Å²) in [7, 11) is 0. The monoisotopic (exact) mass is 346 g/mol. The molecule has 3 N–H and O–H groups in total. The number of rotatable bonds is 5. The predicted molar refractivity (Wildman–Crippen MR) is 93.8 cm³/mol. The summed E-state index contributed by atoms with van der Waals surface area (Å²) < 4.78 is 4.96. The van der Waals surface area contributed by atoms with Crippen LogP contribution in [-0.4, -0.2) is 22.5 Å². The molecule has 0 aliphatic carbocycles. The molecule has 0 saturated carbocycles. The average Bonchev–Trinajstić information content (AvgIpc) is 3.05. The summed E-state index contributed by atoms with van der Waals surface area (Å²) in [6, 6.07) is 4.70. The van der Waals surface area contributed by atoms with Gasteiger partial charge in [-0.25, -0.2) is 14.6 Å². The minimum absolute atomic E-state index is 0.293. The number of anilines is 1. The molecule has 0 saturated heterocycles. The topological polar surface area (TPSA) is 100 Å². The van der Waals surface area contributed by atoms with Gasteiger partial charge in [-0.2, -0.15) is 0 Å². The Kier molecular flexibility index (Phi) is 4.66. The maximum Gasteiger partial charge on any atom is 0.417 e. The van der Waals surface area contributed by atoms with Gasteiger partial charge in [0.1, 0.15) is 0 Å². The van der Waals surface area contributed by atoms with E-state index in [1.807, 2.05) is 6.92 Å². The fourth-order valence-electron chi connectivity index (χ4n) is 2.29. The highest BCUT2D eigenvalue weighted by molar-refractivity contribution is 7.11. The summed E-state index contributed by atoms with van der Waals surface area (Å²) in [4.78, 5) is 31.3. The van der Waals surface area contributed by atoms with E-state index in [0.29, 0.717) is 23.3 Å². The third kappa shape index (κ3) is 3.83. The van der Waals surface area contributed by atoms with Gasteiger partial charge in [-0.15, -0.1) is 11.3 Å². The first-order valence-corrected chi connectivity index (χ1v) is 8.43. The molecule has 0 spiro atoms. The molecule has 0 atom stereocenters. The van der Waals surface area contributed by atoms with Gasteiger partial charge in [0.25, 0.3) is 0 Å². The van der Waals surface area contributed by atoms with E-state index in [-0.39, 0.29) is 6.03 Å². The van der Waals surface area contributed by atoms with Gasteiger partial charge < -0.3 is 15.1 Å². The number of oxazole rings is 1. The highest BCUT2D eigenvalue weighted by Gasteiger charge is 2.06. The first kappa shape index (κ1) is 16.3. The van der Waals surface area contributed by atoms with Gasteiger partial charge in [0, 0.05) is 29.6 Å². The first-order valence-electron chi connectivity index (χ1n) is 7.62. The number of aromatic amines is 1. The molecule has 0 radical (unpaired) electrons. The van der Waals surface area contributed by atoms with Crippen molar-refractivity contribution < 1.29 is 9.21 Å². The van der Waals surface area contributed by atoms with Gasteiger partial charge in [0.15, 0.2) is 5.58 Å². The maximum atomic E-state index is 11.9. The van der Waals surface area contributed by atoms with E-state index in [1.54, 1.807) is 29.5 Å². The van der Waals surface area contributed by atoms with Crippen LogP contribution in [0.2, 0.25) is 0 Å². The molecule has 2 amide bonds. The Labute approximate surface area is 142 Å². The number of carbonyl (C=O) groups excluding carboxylic acids is 1. The van der Waals surface area contributed by atoms with Crippen LogP contribution in [0.3, 0.4) is 0 Å². The zero-order valence-corrected chi connectivity index (χ0v) is 14.3. The largest absolute Gasteiger partial charge is 0.417 e. The SMILES string of the molecule is Cc1nc(CCCNC(=O)Nc2ccc3[nH]c(=O)oc3c2)sc1C. The molecule has 1 aromatic carbocycles. The van der Waals surface area contributed by atoms with Crippen molar-refractivity contribution in [3.63, 3.8) is 0 Å². The lowest BCUT2D eigenvalue weighted by atomic mass is 10.3. The number of nitrogens with zero attached hydrogens (tertiary/aromatic N) is 1. The van der Waals surface area contributed by atoms with Gasteiger partial charge in [0.05, 0.1) is 16.2 Å². The van der Waals surface area contributed by atoms with Crippen LogP contribution in [0.5, 0.6) is 0 Å². The van der Waals surface area contributed by atoms with Crippen molar-refractivity contribution in [1.29, 1.82) is 0 Å². The zero-order valence-electron chi connectivity index (χ0n) is 13.4. The van der Waals surface area contributed by atoms with Gasteiger partial charge in [0.2, 0.25) is 0 Å². The van der Waals surface area contributed by atoms with Crippen LogP contribution in [0.1, 0.15) is 22.0 Å². The molecule has 0 fully saturated rings. The van der Waals surface area contributed by atoms with Crippen molar-refractivity contribution in [2.24, 2.45) is 0 Å². The maximum absolute atomic E-state index is 11.9. The summed E-state index contributed by atoms with van der Waals surface area (Å²) in [6.45, 7) is 4.63. The molecule has 3 aromatic rings. The van der Waals surface area contributed by atoms with Crippen LogP contribution in [0.15, 0.2) is 27.4 Å². The van der Waals surface area contributed by atoms with E-state index in [2.05, 4.69) is 27.5 Å². The third-order valence-corrected chi connectivity index (χ3v) is 4.74. The zero-order chi connectivity index (χ0) is 17.1. The summed E-state index contributed by atoms with van der Waals surface area (Å²) in [5.74, 6) is -0.515. The van der Waals surface area contributed by atoms with Gasteiger partial charge in [-0.3, -0.25) is 4.98 Å². The van der Waals surface area contributed by atoms with Crippen molar-refractivity contribution >= 4 is 34.2 Å².